The second-order valence-corrected chi connectivity index (χ2v) is 13.0. The third-order valence-electron chi connectivity index (χ3n) is 9.98. The van der Waals surface area contributed by atoms with E-state index in [2.05, 4.69) is 191 Å². The van der Waals surface area contributed by atoms with Crippen molar-refractivity contribution in [3.05, 3.63) is 194 Å². The van der Waals surface area contributed by atoms with Crippen LogP contribution in [0.3, 0.4) is 0 Å². The summed E-state index contributed by atoms with van der Waals surface area (Å²) in [6, 6.07) is 69.2. The number of nitrogens with zero attached hydrogens (tertiary/aromatic N) is 2. The lowest BCUT2D eigenvalue weighted by Gasteiger charge is -2.25. The fourth-order valence-electron chi connectivity index (χ4n) is 7.55. The largest absolute Gasteiger partial charge is 0.456 e. The minimum Gasteiger partial charge on any atom is -0.456 e. The van der Waals surface area contributed by atoms with Crippen molar-refractivity contribution in [3.63, 3.8) is 0 Å². The van der Waals surface area contributed by atoms with E-state index in [4.69, 9.17) is 4.42 Å². The zero-order valence-corrected chi connectivity index (χ0v) is 27.8. The number of hydrogen-bond acceptors (Lipinski definition) is 2. The molecular formula is C48H32N2O. The summed E-state index contributed by atoms with van der Waals surface area (Å²) in [7, 11) is 0. The highest BCUT2D eigenvalue weighted by molar-refractivity contribution is 6.12. The van der Waals surface area contributed by atoms with Crippen molar-refractivity contribution in [2.75, 3.05) is 4.90 Å². The van der Waals surface area contributed by atoms with Crippen LogP contribution < -0.4 is 4.90 Å². The van der Waals surface area contributed by atoms with Gasteiger partial charge < -0.3 is 13.9 Å². The Balaban J connectivity index is 1.12. The lowest BCUT2D eigenvalue weighted by molar-refractivity contribution is 0.669. The Morgan fingerprint density at radius 3 is 1.47 bits per heavy atom. The van der Waals surface area contributed by atoms with E-state index in [1.807, 2.05) is 12.1 Å². The van der Waals surface area contributed by atoms with Crippen LogP contribution in [0.1, 0.15) is 0 Å². The highest BCUT2D eigenvalue weighted by atomic mass is 16.3. The number of para-hydroxylation sites is 2. The molecule has 0 fully saturated rings. The van der Waals surface area contributed by atoms with E-state index >= 15 is 0 Å². The zero-order chi connectivity index (χ0) is 33.7. The van der Waals surface area contributed by atoms with Gasteiger partial charge in [-0.15, -0.1) is 0 Å². The van der Waals surface area contributed by atoms with E-state index in [1.165, 1.54) is 44.1 Å². The predicted octanol–water partition coefficient (Wildman–Crippen LogP) is 13.5. The Morgan fingerprint density at radius 2 is 0.843 bits per heavy atom. The van der Waals surface area contributed by atoms with Crippen molar-refractivity contribution in [2.45, 2.75) is 0 Å². The molecule has 0 saturated heterocycles. The maximum atomic E-state index is 6.31. The van der Waals surface area contributed by atoms with Crippen LogP contribution in [0.15, 0.2) is 199 Å². The van der Waals surface area contributed by atoms with Gasteiger partial charge in [0.1, 0.15) is 11.2 Å². The molecule has 51 heavy (non-hydrogen) atoms. The van der Waals surface area contributed by atoms with E-state index in [1.54, 1.807) is 0 Å². The Labute approximate surface area is 295 Å². The Hall–Kier alpha value is -6.84. The number of rotatable bonds is 6. The molecule has 240 valence electrons. The quantitative estimate of drug-likeness (QED) is 0.178. The number of hydrogen-bond donors (Lipinski definition) is 0. The summed E-state index contributed by atoms with van der Waals surface area (Å²) in [4.78, 5) is 2.29. The third-order valence-corrected chi connectivity index (χ3v) is 9.98. The topological polar surface area (TPSA) is 21.3 Å². The molecule has 0 atom stereocenters. The number of furan rings is 1. The SMILES string of the molecule is c1ccc(-c2ccc3c(c2)c2cc(-c4ccccc4)ccc2n3-c2ccc(N(c3ccccc3)c3ccc4c(c3)oc3ccccc34)cc2)cc1. The molecule has 0 aliphatic heterocycles. The number of aromatic nitrogens is 1. The van der Waals surface area contributed by atoms with Gasteiger partial charge in [0, 0.05) is 50.4 Å². The first kappa shape index (κ1) is 29.1. The summed E-state index contributed by atoms with van der Waals surface area (Å²) in [6.07, 6.45) is 0. The highest BCUT2D eigenvalue weighted by Gasteiger charge is 2.18. The molecule has 2 aromatic heterocycles. The Bertz CT molecular complexity index is 2740. The van der Waals surface area contributed by atoms with Gasteiger partial charge in [-0.25, -0.2) is 0 Å². The smallest absolute Gasteiger partial charge is 0.137 e. The first-order valence-corrected chi connectivity index (χ1v) is 17.3. The van der Waals surface area contributed by atoms with Gasteiger partial charge in [-0.05, 0) is 101 Å². The molecular weight excluding hydrogens is 621 g/mol. The molecule has 10 aromatic rings. The molecule has 0 amide bonds. The number of fused-ring (bicyclic) bond motifs is 6. The predicted molar refractivity (Wildman–Crippen MR) is 214 cm³/mol. The first-order valence-electron chi connectivity index (χ1n) is 17.3. The average Bonchev–Trinajstić information content (AvgIpc) is 3.74. The van der Waals surface area contributed by atoms with Gasteiger partial charge in [-0.1, -0.05) is 109 Å². The second kappa shape index (κ2) is 11.9. The molecule has 3 heteroatoms. The maximum absolute atomic E-state index is 6.31. The lowest BCUT2D eigenvalue weighted by Crippen LogP contribution is -2.09. The third kappa shape index (κ3) is 4.98. The van der Waals surface area contributed by atoms with Crippen LogP contribution in [0, 0.1) is 0 Å². The van der Waals surface area contributed by atoms with Crippen LogP contribution in [-0.2, 0) is 0 Å². The van der Waals surface area contributed by atoms with Gasteiger partial charge in [0.05, 0.1) is 11.0 Å². The van der Waals surface area contributed by atoms with E-state index in [9.17, 15) is 0 Å². The molecule has 2 heterocycles. The monoisotopic (exact) mass is 652 g/mol. The van der Waals surface area contributed by atoms with Crippen molar-refractivity contribution in [1.29, 1.82) is 0 Å². The molecule has 8 aromatic carbocycles. The van der Waals surface area contributed by atoms with Gasteiger partial charge in [-0.3, -0.25) is 0 Å². The fourth-order valence-corrected chi connectivity index (χ4v) is 7.55. The van der Waals surface area contributed by atoms with Gasteiger partial charge in [0.15, 0.2) is 0 Å². The van der Waals surface area contributed by atoms with Gasteiger partial charge in [0.2, 0.25) is 0 Å². The standard InChI is InChI=1S/C48H32N2O/c1-4-12-33(13-5-1)35-20-28-45-43(30-35)44-31-36(34-14-6-2-7-15-34)21-29-46(44)50(45)39-24-22-38(23-25-39)49(37-16-8-3-9-17-37)40-26-27-42-41-18-10-11-19-47(41)51-48(42)32-40/h1-32H. The summed E-state index contributed by atoms with van der Waals surface area (Å²) in [5.74, 6) is 0. The summed E-state index contributed by atoms with van der Waals surface area (Å²) in [5, 5.41) is 4.72. The van der Waals surface area contributed by atoms with Gasteiger partial charge in [-0.2, -0.15) is 0 Å². The van der Waals surface area contributed by atoms with Crippen molar-refractivity contribution in [1.82, 2.24) is 4.57 Å². The minimum atomic E-state index is 0.876. The molecule has 3 nitrogen and oxygen atoms in total. The summed E-state index contributed by atoms with van der Waals surface area (Å²) >= 11 is 0. The molecule has 0 bridgehead atoms. The molecule has 0 saturated carbocycles. The number of anilines is 3. The van der Waals surface area contributed by atoms with Crippen LogP contribution in [0.4, 0.5) is 17.1 Å². The summed E-state index contributed by atoms with van der Waals surface area (Å²) in [6.45, 7) is 0. The molecule has 0 N–H and O–H groups in total. The van der Waals surface area contributed by atoms with Crippen LogP contribution in [0.25, 0.3) is 71.7 Å². The fraction of sp³-hybridized carbons (Fsp3) is 0. The van der Waals surface area contributed by atoms with E-state index in [-0.39, 0.29) is 0 Å². The highest BCUT2D eigenvalue weighted by Crippen LogP contribution is 2.41. The maximum Gasteiger partial charge on any atom is 0.137 e. The van der Waals surface area contributed by atoms with E-state index in [0.717, 1.165) is 44.7 Å². The van der Waals surface area contributed by atoms with E-state index in [0.29, 0.717) is 0 Å². The second-order valence-electron chi connectivity index (χ2n) is 13.0. The van der Waals surface area contributed by atoms with Crippen molar-refractivity contribution in [2.24, 2.45) is 0 Å². The van der Waals surface area contributed by atoms with Crippen LogP contribution in [-0.4, -0.2) is 4.57 Å². The summed E-state index contributed by atoms with van der Waals surface area (Å²) < 4.78 is 8.70. The number of benzene rings is 8. The van der Waals surface area contributed by atoms with Crippen molar-refractivity contribution >= 4 is 60.8 Å². The normalized spacial score (nSPS) is 11.5. The van der Waals surface area contributed by atoms with Gasteiger partial charge >= 0.3 is 0 Å². The van der Waals surface area contributed by atoms with Crippen LogP contribution in [0.5, 0.6) is 0 Å². The Morgan fingerprint density at radius 1 is 0.333 bits per heavy atom. The van der Waals surface area contributed by atoms with Gasteiger partial charge in [0.25, 0.3) is 0 Å². The zero-order valence-electron chi connectivity index (χ0n) is 27.8. The first-order chi connectivity index (χ1) is 25.3. The molecule has 10 rings (SSSR count). The molecule has 0 radical (unpaired) electrons. The van der Waals surface area contributed by atoms with Crippen LogP contribution in [0.2, 0.25) is 0 Å². The lowest BCUT2D eigenvalue weighted by atomic mass is 10.0. The molecule has 0 aliphatic rings. The van der Waals surface area contributed by atoms with Crippen molar-refractivity contribution < 1.29 is 4.42 Å². The molecule has 0 spiro atoms. The van der Waals surface area contributed by atoms with Crippen molar-refractivity contribution in [3.8, 4) is 27.9 Å². The minimum absolute atomic E-state index is 0.876. The summed E-state index contributed by atoms with van der Waals surface area (Å²) in [5.41, 5.74) is 13.3. The Kier molecular flexibility index (Phi) is 6.81. The van der Waals surface area contributed by atoms with Crippen LogP contribution >= 0.6 is 0 Å². The molecule has 0 unspecified atom stereocenters. The average molecular weight is 653 g/mol. The molecule has 0 aliphatic carbocycles. The van der Waals surface area contributed by atoms with E-state index < -0.39 is 0 Å².